The molecule has 2 aromatic rings. The van der Waals surface area contributed by atoms with Gasteiger partial charge in [0.2, 0.25) is 0 Å². The molecule has 1 aromatic carbocycles. The molecule has 1 aromatic heterocycles. The molecule has 4 nitrogen and oxygen atoms in total. The largest absolute Gasteiger partial charge is 0.497 e. The lowest BCUT2D eigenvalue weighted by molar-refractivity contribution is 0.415. The number of fused-ring (bicyclic) bond motifs is 1. The van der Waals surface area contributed by atoms with Crippen LogP contribution in [0.2, 0.25) is 0 Å². The quantitative estimate of drug-likeness (QED) is 0.766. The van der Waals surface area contributed by atoms with Crippen LogP contribution in [0, 0.1) is 0 Å². The van der Waals surface area contributed by atoms with Crippen molar-refractivity contribution >= 4 is 10.9 Å². The second kappa shape index (κ2) is 3.74. The fourth-order valence-corrected chi connectivity index (χ4v) is 1.52. The van der Waals surface area contributed by atoms with Crippen LogP contribution in [0.15, 0.2) is 29.2 Å². The average Bonchev–Trinajstić information content (AvgIpc) is 2.29. The molecule has 3 N–H and O–H groups in total. The summed E-state index contributed by atoms with van der Waals surface area (Å²) in [5.74, 6) is 0.721. The lowest BCUT2D eigenvalue weighted by Gasteiger charge is -2.03. The van der Waals surface area contributed by atoms with Gasteiger partial charge in [0.15, 0.2) is 5.43 Å². The third-order valence-corrected chi connectivity index (χ3v) is 2.38. The minimum atomic E-state index is -0.0195. The van der Waals surface area contributed by atoms with Crippen molar-refractivity contribution in [1.82, 2.24) is 4.98 Å². The number of aromatic nitrogens is 1. The number of benzene rings is 1. The number of pyridine rings is 1. The highest BCUT2D eigenvalue weighted by Gasteiger charge is 2.04. The normalized spacial score (nSPS) is 10.5. The fraction of sp³-hybridized carbons (Fsp3) is 0.182. The van der Waals surface area contributed by atoms with Crippen LogP contribution in [0.1, 0.15) is 5.56 Å². The minimum absolute atomic E-state index is 0.0195. The van der Waals surface area contributed by atoms with Crippen LogP contribution in [-0.2, 0) is 6.54 Å². The summed E-state index contributed by atoms with van der Waals surface area (Å²) in [6.45, 7) is 0.247. The van der Waals surface area contributed by atoms with Gasteiger partial charge < -0.3 is 15.5 Å². The van der Waals surface area contributed by atoms with Crippen molar-refractivity contribution < 1.29 is 4.74 Å². The van der Waals surface area contributed by atoms with E-state index in [1.54, 1.807) is 31.5 Å². The summed E-state index contributed by atoms with van der Waals surface area (Å²) in [5, 5.41) is 0.638. The second-order valence-electron chi connectivity index (χ2n) is 3.26. The summed E-state index contributed by atoms with van der Waals surface area (Å²) < 4.78 is 5.07. The van der Waals surface area contributed by atoms with Gasteiger partial charge in [-0.05, 0) is 12.1 Å². The molecule has 0 bridgehead atoms. The van der Waals surface area contributed by atoms with E-state index in [0.717, 1.165) is 11.3 Å². The highest BCUT2D eigenvalue weighted by Crippen LogP contribution is 2.16. The van der Waals surface area contributed by atoms with Gasteiger partial charge in [-0.1, -0.05) is 0 Å². The van der Waals surface area contributed by atoms with E-state index in [4.69, 9.17) is 10.5 Å². The molecule has 0 saturated carbocycles. The highest BCUT2D eigenvalue weighted by molar-refractivity contribution is 5.80. The van der Waals surface area contributed by atoms with Crippen LogP contribution in [0.25, 0.3) is 10.9 Å². The maximum Gasteiger partial charge on any atom is 0.193 e. The maximum absolute atomic E-state index is 11.8. The van der Waals surface area contributed by atoms with Crippen molar-refractivity contribution in [3.05, 3.63) is 40.2 Å². The first kappa shape index (κ1) is 9.73. The lowest BCUT2D eigenvalue weighted by Crippen LogP contribution is -2.13. The molecule has 2 rings (SSSR count). The van der Waals surface area contributed by atoms with E-state index in [1.807, 2.05) is 0 Å². The first-order chi connectivity index (χ1) is 7.26. The van der Waals surface area contributed by atoms with Crippen molar-refractivity contribution in [2.24, 2.45) is 5.73 Å². The molecule has 0 spiro atoms. The summed E-state index contributed by atoms with van der Waals surface area (Å²) in [4.78, 5) is 14.8. The average molecular weight is 204 g/mol. The molecule has 4 heteroatoms. The topological polar surface area (TPSA) is 68.1 Å². The third kappa shape index (κ3) is 1.59. The van der Waals surface area contributed by atoms with Gasteiger partial charge in [0.25, 0.3) is 0 Å². The number of hydrogen-bond donors (Lipinski definition) is 2. The molecular weight excluding hydrogens is 192 g/mol. The summed E-state index contributed by atoms with van der Waals surface area (Å²) in [6, 6.07) is 5.29. The standard InChI is InChI=1S/C11H12N2O2/c1-15-8-2-3-9-10(4-8)13-6-7(5-12)11(9)14/h2-4,6H,5,12H2,1H3,(H,13,14). The zero-order valence-electron chi connectivity index (χ0n) is 8.41. The van der Waals surface area contributed by atoms with Crippen molar-refractivity contribution in [3.8, 4) is 5.75 Å². The van der Waals surface area contributed by atoms with Crippen LogP contribution >= 0.6 is 0 Å². The van der Waals surface area contributed by atoms with Gasteiger partial charge in [-0.15, -0.1) is 0 Å². The number of nitrogens with one attached hydrogen (secondary N) is 1. The van der Waals surface area contributed by atoms with Gasteiger partial charge >= 0.3 is 0 Å². The number of aromatic amines is 1. The Bertz CT molecular complexity index is 546. The van der Waals surface area contributed by atoms with Crippen LogP contribution in [0.3, 0.4) is 0 Å². The van der Waals surface area contributed by atoms with E-state index >= 15 is 0 Å². The Kier molecular flexibility index (Phi) is 2.43. The third-order valence-electron chi connectivity index (χ3n) is 2.38. The van der Waals surface area contributed by atoms with Crippen molar-refractivity contribution in [2.75, 3.05) is 7.11 Å². The first-order valence-electron chi connectivity index (χ1n) is 4.64. The van der Waals surface area contributed by atoms with Crippen LogP contribution in [0.5, 0.6) is 5.75 Å². The Labute approximate surface area is 86.7 Å². The number of nitrogens with two attached hydrogens (primary N) is 1. The molecule has 0 unspecified atom stereocenters. The molecule has 1 heterocycles. The molecule has 0 fully saturated rings. The fourth-order valence-electron chi connectivity index (χ4n) is 1.52. The molecule has 15 heavy (non-hydrogen) atoms. The van der Waals surface area contributed by atoms with Gasteiger partial charge in [0.05, 0.1) is 12.6 Å². The van der Waals surface area contributed by atoms with E-state index in [2.05, 4.69) is 4.98 Å². The molecule has 78 valence electrons. The van der Waals surface area contributed by atoms with E-state index in [9.17, 15) is 4.79 Å². The monoisotopic (exact) mass is 204 g/mol. The predicted molar refractivity (Wildman–Crippen MR) is 59.0 cm³/mol. The van der Waals surface area contributed by atoms with Crippen molar-refractivity contribution in [3.63, 3.8) is 0 Å². The summed E-state index contributed by atoms with van der Waals surface area (Å²) in [6.07, 6.45) is 1.64. The maximum atomic E-state index is 11.8. The molecule has 0 aliphatic heterocycles. The molecule has 0 amide bonds. The number of methoxy groups -OCH3 is 1. The molecule has 0 aliphatic rings. The number of H-pyrrole nitrogens is 1. The first-order valence-corrected chi connectivity index (χ1v) is 4.64. The summed E-state index contributed by atoms with van der Waals surface area (Å²) in [5.41, 5.74) is 6.78. The Morgan fingerprint density at radius 1 is 1.47 bits per heavy atom. The summed E-state index contributed by atoms with van der Waals surface area (Å²) >= 11 is 0. The molecule has 0 radical (unpaired) electrons. The van der Waals surface area contributed by atoms with Gasteiger partial charge in [0.1, 0.15) is 5.75 Å². The van der Waals surface area contributed by atoms with Gasteiger partial charge in [-0.3, -0.25) is 4.79 Å². The van der Waals surface area contributed by atoms with Crippen LogP contribution in [0.4, 0.5) is 0 Å². The lowest BCUT2D eigenvalue weighted by atomic mass is 10.1. The van der Waals surface area contributed by atoms with E-state index in [0.29, 0.717) is 10.9 Å². The van der Waals surface area contributed by atoms with E-state index < -0.39 is 0 Å². The summed E-state index contributed by atoms with van der Waals surface area (Å²) in [7, 11) is 1.59. The van der Waals surface area contributed by atoms with Gasteiger partial charge in [-0.25, -0.2) is 0 Å². The Morgan fingerprint density at radius 2 is 2.27 bits per heavy atom. The van der Waals surface area contributed by atoms with E-state index in [1.165, 1.54) is 0 Å². The highest BCUT2D eigenvalue weighted by atomic mass is 16.5. The number of hydrogen-bond acceptors (Lipinski definition) is 3. The van der Waals surface area contributed by atoms with Crippen molar-refractivity contribution in [1.29, 1.82) is 0 Å². The zero-order valence-corrected chi connectivity index (χ0v) is 8.41. The smallest absolute Gasteiger partial charge is 0.193 e. The SMILES string of the molecule is COc1ccc2c(=O)c(CN)c[nH]c2c1. The zero-order chi connectivity index (χ0) is 10.8. The number of ether oxygens (including phenoxy) is 1. The Hall–Kier alpha value is -1.81. The molecule has 0 aliphatic carbocycles. The molecular formula is C11H12N2O2. The molecule has 0 saturated heterocycles. The van der Waals surface area contributed by atoms with Crippen molar-refractivity contribution in [2.45, 2.75) is 6.54 Å². The Morgan fingerprint density at radius 3 is 2.93 bits per heavy atom. The molecule has 0 atom stereocenters. The van der Waals surface area contributed by atoms with Gasteiger partial charge in [-0.2, -0.15) is 0 Å². The van der Waals surface area contributed by atoms with Crippen LogP contribution in [-0.4, -0.2) is 12.1 Å². The van der Waals surface area contributed by atoms with E-state index in [-0.39, 0.29) is 12.0 Å². The van der Waals surface area contributed by atoms with Crippen LogP contribution < -0.4 is 15.9 Å². The van der Waals surface area contributed by atoms with Gasteiger partial charge in [0, 0.05) is 29.8 Å². The second-order valence-corrected chi connectivity index (χ2v) is 3.26. The Balaban J connectivity index is 2.74. The predicted octanol–water partition coefficient (Wildman–Crippen LogP) is 0.995. The minimum Gasteiger partial charge on any atom is -0.497 e. The number of rotatable bonds is 2.